The van der Waals surface area contributed by atoms with Gasteiger partial charge in [-0.1, -0.05) is 11.6 Å². The summed E-state index contributed by atoms with van der Waals surface area (Å²) in [6, 6.07) is 9.91. The molecule has 6 nitrogen and oxygen atoms in total. The highest BCUT2D eigenvalue weighted by atomic mass is 35.5. The molecule has 0 N–H and O–H groups in total. The van der Waals surface area contributed by atoms with Gasteiger partial charge in [0.1, 0.15) is 23.2 Å². The van der Waals surface area contributed by atoms with Crippen molar-refractivity contribution in [1.29, 1.82) is 5.26 Å². The van der Waals surface area contributed by atoms with Crippen LogP contribution in [0.25, 0.3) is 5.69 Å². The number of nitriles is 1. The lowest BCUT2D eigenvalue weighted by molar-refractivity contribution is -0.189. The summed E-state index contributed by atoms with van der Waals surface area (Å²) in [5.41, 5.74) is 1.75. The number of carbonyl (C=O) groups excluding carboxylic acids is 1. The Balaban J connectivity index is 1.64. The number of alkyl halides is 3. The highest BCUT2D eigenvalue weighted by molar-refractivity contribution is 6.35. The minimum absolute atomic E-state index is 0.0566. The van der Waals surface area contributed by atoms with Crippen molar-refractivity contribution < 1.29 is 27.1 Å². The summed E-state index contributed by atoms with van der Waals surface area (Å²) in [5.74, 6) is -1.40. The molecule has 1 aromatic heterocycles. The minimum atomic E-state index is -4.66. The predicted octanol–water partition coefficient (Wildman–Crippen LogP) is 5.06. The lowest BCUT2D eigenvalue weighted by Crippen LogP contribution is -2.37. The Hall–Kier alpha value is -3.58. The molecule has 0 radical (unpaired) electrons. The lowest BCUT2D eigenvalue weighted by atomic mass is 10.0. The van der Waals surface area contributed by atoms with E-state index in [0.717, 1.165) is 24.2 Å². The van der Waals surface area contributed by atoms with Gasteiger partial charge >= 0.3 is 6.18 Å². The summed E-state index contributed by atoms with van der Waals surface area (Å²) in [5, 5.41) is 13.5. The van der Waals surface area contributed by atoms with E-state index in [1.165, 1.54) is 23.1 Å². The van der Waals surface area contributed by atoms with Gasteiger partial charge in [-0.2, -0.15) is 23.5 Å². The van der Waals surface area contributed by atoms with E-state index in [2.05, 4.69) is 5.10 Å². The molecule has 0 bridgehead atoms. The fraction of sp³-hybridized carbons (Fsp3) is 0.261. The minimum Gasteiger partial charge on any atom is -0.480 e. The molecule has 1 atom stereocenters. The van der Waals surface area contributed by atoms with E-state index in [0.29, 0.717) is 12.1 Å². The molecule has 0 saturated carbocycles. The molecular weight excluding hydrogens is 476 g/mol. The van der Waals surface area contributed by atoms with Gasteiger partial charge in [-0.25, -0.2) is 9.07 Å². The van der Waals surface area contributed by atoms with E-state index < -0.39 is 18.2 Å². The van der Waals surface area contributed by atoms with Crippen molar-refractivity contribution in [3.63, 3.8) is 0 Å². The van der Waals surface area contributed by atoms with Crippen molar-refractivity contribution in [2.24, 2.45) is 0 Å². The third-order valence-electron chi connectivity index (χ3n) is 5.44. The number of fused-ring (bicyclic) bond motifs is 1. The lowest BCUT2D eigenvalue weighted by Gasteiger charge is -2.28. The standard InChI is InChI=1S/C23H17ClF4N4O2/c1-13(23(26,27)28)34-19-7-2-14(10-29)21(24)20(19)22(33)31-9-8-18-15(11-31)12-32(30-18)17-5-3-16(25)4-6-17/h2-7,12-13H,8-9,11H2,1H3. The van der Waals surface area contributed by atoms with Gasteiger partial charge in [0.05, 0.1) is 22.0 Å². The Bertz CT molecular complexity index is 1280. The van der Waals surface area contributed by atoms with Crippen LogP contribution in [0.3, 0.4) is 0 Å². The number of halogens is 5. The van der Waals surface area contributed by atoms with E-state index >= 15 is 0 Å². The fourth-order valence-corrected chi connectivity index (χ4v) is 3.85. The summed E-state index contributed by atoms with van der Waals surface area (Å²) in [7, 11) is 0. The third kappa shape index (κ3) is 4.56. The van der Waals surface area contributed by atoms with Gasteiger partial charge in [0.2, 0.25) is 0 Å². The second kappa shape index (κ2) is 8.99. The van der Waals surface area contributed by atoms with E-state index in [-0.39, 0.29) is 40.8 Å². The molecule has 0 aliphatic carbocycles. The van der Waals surface area contributed by atoms with Crippen LogP contribution in [0.4, 0.5) is 17.6 Å². The number of rotatable bonds is 4. The number of nitrogens with zero attached hydrogens (tertiary/aromatic N) is 4. The molecule has 1 amide bonds. The summed E-state index contributed by atoms with van der Waals surface area (Å²) in [6.45, 7) is 1.17. The number of ether oxygens (including phenoxy) is 1. The van der Waals surface area contributed by atoms with Crippen LogP contribution in [0, 0.1) is 17.1 Å². The van der Waals surface area contributed by atoms with Gasteiger partial charge < -0.3 is 9.64 Å². The highest BCUT2D eigenvalue weighted by Gasteiger charge is 2.39. The maximum atomic E-state index is 13.4. The number of hydrogen-bond acceptors (Lipinski definition) is 4. The molecule has 0 fully saturated rings. The third-order valence-corrected chi connectivity index (χ3v) is 5.83. The van der Waals surface area contributed by atoms with Crippen LogP contribution >= 0.6 is 11.6 Å². The van der Waals surface area contributed by atoms with E-state index in [1.54, 1.807) is 23.0 Å². The van der Waals surface area contributed by atoms with Crippen LogP contribution in [-0.2, 0) is 13.0 Å². The van der Waals surface area contributed by atoms with Gasteiger partial charge in [0, 0.05) is 31.3 Å². The van der Waals surface area contributed by atoms with E-state index in [9.17, 15) is 27.6 Å². The van der Waals surface area contributed by atoms with E-state index in [1.807, 2.05) is 6.07 Å². The maximum Gasteiger partial charge on any atom is 0.425 e. The van der Waals surface area contributed by atoms with Crippen LogP contribution in [0.1, 0.15) is 34.1 Å². The SMILES string of the molecule is CC(Oc1ccc(C#N)c(Cl)c1C(=O)N1CCc2nn(-c3ccc(F)cc3)cc2C1)C(F)(F)F. The number of aromatic nitrogens is 2. The second-order valence-electron chi connectivity index (χ2n) is 7.71. The molecule has 3 aromatic rings. The summed E-state index contributed by atoms with van der Waals surface area (Å²) in [4.78, 5) is 14.8. The van der Waals surface area contributed by atoms with Gasteiger partial charge in [-0.05, 0) is 43.3 Å². The van der Waals surface area contributed by atoms with Crippen LogP contribution in [-0.4, -0.2) is 39.4 Å². The van der Waals surface area contributed by atoms with Crippen LogP contribution < -0.4 is 4.74 Å². The fourth-order valence-electron chi connectivity index (χ4n) is 3.57. The normalized spacial score (nSPS) is 14.3. The highest BCUT2D eigenvalue weighted by Crippen LogP contribution is 2.35. The molecule has 11 heteroatoms. The topological polar surface area (TPSA) is 71.2 Å². The first-order valence-corrected chi connectivity index (χ1v) is 10.5. The van der Waals surface area contributed by atoms with Gasteiger partial charge in [-0.15, -0.1) is 0 Å². The van der Waals surface area contributed by atoms with Crippen molar-refractivity contribution in [1.82, 2.24) is 14.7 Å². The molecule has 2 aromatic carbocycles. The Morgan fingerprint density at radius 1 is 1.24 bits per heavy atom. The zero-order chi connectivity index (χ0) is 24.6. The molecule has 1 aliphatic heterocycles. The predicted molar refractivity (Wildman–Crippen MR) is 114 cm³/mol. The van der Waals surface area contributed by atoms with Crippen molar-refractivity contribution in [3.05, 3.63) is 75.8 Å². The zero-order valence-corrected chi connectivity index (χ0v) is 18.5. The summed E-state index contributed by atoms with van der Waals surface area (Å²) < 4.78 is 59.0. The molecule has 0 saturated heterocycles. The molecule has 176 valence electrons. The molecule has 1 unspecified atom stereocenters. The Labute approximate surface area is 196 Å². The maximum absolute atomic E-state index is 13.4. The zero-order valence-electron chi connectivity index (χ0n) is 17.7. The van der Waals surface area contributed by atoms with Crippen molar-refractivity contribution in [3.8, 4) is 17.5 Å². The van der Waals surface area contributed by atoms with Crippen molar-refractivity contribution in [2.45, 2.75) is 32.2 Å². The number of amides is 1. The number of carbonyl (C=O) groups is 1. The largest absolute Gasteiger partial charge is 0.480 e. The first kappa shape index (κ1) is 23.6. The molecule has 4 rings (SSSR count). The average molecular weight is 493 g/mol. The monoisotopic (exact) mass is 492 g/mol. The molecule has 0 spiro atoms. The van der Waals surface area contributed by atoms with Crippen LogP contribution in [0.5, 0.6) is 5.75 Å². The average Bonchev–Trinajstić information content (AvgIpc) is 3.22. The second-order valence-corrected chi connectivity index (χ2v) is 8.09. The molecule has 2 heterocycles. The van der Waals surface area contributed by atoms with Gasteiger partial charge in [0.15, 0.2) is 6.10 Å². The summed E-state index contributed by atoms with van der Waals surface area (Å²) in [6.07, 6.45) is -4.75. The van der Waals surface area contributed by atoms with Crippen LogP contribution in [0.2, 0.25) is 5.02 Å². The van der Waals surface area contributed by atoms with Crippen molar-refractivity contribution >= 4 is 17.5 Å². The van der Waals surface area contributed by atoms with E-state index in [4.69, 9.17) is 16.3 Å². The number of hydrogen-bond donors (Lipinski definition) is 0. The summed E-state index contributed by atoms with van der Waals surface area (Å²) >= 11 is 6.24. The Kier molecular flexibility index (Phi) is 6.23. The molecule has 1 aliphatic rings. The first-order valence-electron chi connectivity index (χ1n) is 10.2. The Morgan fingerprint density at radius 3 is 2.59 bits per heavy atom. The quantitative estimate of drug-likeness (QED) is 0.477. The number of benzene rings is 2. The molecular formula is C23H17ClF4N4O2. The first-order chi connectivity index (χ1) is 16.1. The van der Waals surface area contributed by atoms with Gasteiger partial charge in [0.25, 0.3) is 5.91 Å². The smallest absolute Gasteiger partial charge is 0.425 e. The van der Waals surface area contributed by atoms with Gasteiger partial charge in [-0.3, -0.25) is 4.79 Å². The van der Waals surface area contributed by atoms with Crippen molar-refractivity contribution in [2.75, 3.05) is 6.54 Å². The van der Waals surface area contributed by atoms with Crippen LogP contribution in [0.15, 0.2) is 42.6 Å². The molecule has 34 heavy (non-hydrogen) atoms. The Morgan fingerprint density at radius 2 is 1.94 bits per heavy atom.